The Hall–Kier alpha value is -2.86. The number of hydrogen-bond acceptors (Lipinski definition) is 4. The third kappa shape index (κ3) is 5.39. The maximum absolute atomic E-state index is 12.9. The van der Waals surface area contributed by atoms with Gasteiger partial charge in [0, 0.05) is 13.1 Å². The summed E-state index contributed by atoms with van der Waals surface area (Å²) >= 11 is 0. The van der Waals surface area contributed by atoms with Crippen molar-refractivity contribution in [2.45, 2.75) is 51.9 Å². The van der Waals surface area contributed by atoms with Gasteiger partial charge in [0.15, 0.2) is 0 Å². The van der Waals surface area contributed by atoms with Crippen LogP contribution in [-0.4, -0.2) is 31.0 Å². The maximum Gasteiger partial charge on any atom is 0.243 e. The number of fused-ring (bicyclic) bond motifs is 1. The predicted octanol–water partition coefficient (Wildman–Crippen LogP) is 2.56. The third-order valence-electron chi connectivity index (χ3n) is 5.82. The first-order chi connectivity index (χ1) is 14.5. The number of benzene rings is 2. The van der Waals surface area contributed by atoms with Gasteiger partial charge in [-0.2, -0.15) is 0 Å². The first-order valence-electron chi connectivity index (χ1n) is 10.5. The predicted molar refractivity (Wildman–Crippen MR) is 117 cm³/mol. The molecule has 2 aromatic carbocycles. The quantitative estimate of drug-likeness (QED) is 0.626. The Bertz CT molecular complexity index is 866. The SMILES string of the molecule is CC[C@H](C)[C@@H](NC(=O)[C@H]1Cc2ccccc2CN1)C(=O)NCc1ccc(OC)cc1. The number of carbonyl (C=O) groups is 2. The van der Waals surface area contributed by atoms with Gasteiger partial charge in [0.05, 0.1) is 13.2 Å². The molecule has 2 amide bonds. The first kappa shape index (κ1) is 21.8. The summed E-state index contributed by atoms with van der Waals surface area (Å²) in [5.41, 5.74) is 3.38. The molecule has 2 aromatic rings. The Morgan fingerprint density at radius 3 is 2.50 bits per heavy atom. The zero-order valence-electron chi connectivity index (χ0n) is 17.9. The number of ether oxygens (including phenoxy) is 1. The van der Waals surface area contributed by atoms with E-state index in [2.05, 4.69) is 28.1 Å². The lowest BCUT2D eigenvalue weighted by Gasteiger charge is -2.29. The molecular formula is C24H31N3O3. The van der Waals surface area contributed by atoms with Gasteiger partial charge in [-0.05, 0) is 41.2 Å². The third-order valence-corrected chi connectivity index (χ3v) is 5.82. The van der Waals surface area contributed by atoms with Crippen molar-refractivity contribution in [1.29, 1.82) is 0 Å². The summed E-state index contributed by atoms with van der Waals surface area (Å²) in [6, 6.07) is 14.8. The Balaban J connectivity index is 1.60. The van der Waals surface area contributed by atoms with Crippen molar-refractivity contribution in [3.05, 3.63) is 65.2 Å². The van der Waals surface area contributed by atoms with E-state index in [1.807, 2.05) is 50.2 Å². The van der Waals surface area contributed by atoms with E-state index in [4.69, 9.17) is 4.74 Å². The minimum Gasteiger partial charge on any atom is -0.497 e. The average Bonchev–Trinajstić information content (AvgIpc) is 2.80. The largest absolute Gasteiger partial charge is 0.497 e. The molecule has 1 aliphatic rings. The summed E-state index contributed by atoms with van der Waals surface area (Å²) in [6.07, 6.45) is 1.42. The van der Waals surface area contributed by atoms with E-state index in [0.29, 0.717) is 19.5 Å². The van der Waals surface area contributed by atoms with E-state index in [1.54, 1.807) is 7.11 Å². The molecule has 3 N–H and O–H groups in total. The second-order valence-electron chi connectivity index (χ2n) is 7.84. The molecule has 0 unspecified atom stereocenters. The molecule has 160 valence electrons. The molecule has 3 rings (SSSR count). The number of methoxy groups -OCH3 is 1. The van der Waals surface area contributed by atoms with Crippen LogP contribution in [0.3, 0.4) is 0 Å². The van der Waals surface area contributed by atoms with Crippen molar-refractivity contribution in [3.8, 4) is 5.75 Å². The summed E-state index contributed by atoms with van der Waals surface area (Å²) in [7, 11) is 1.62. The van der Waals surface area contributed by atoms with Crippen molar-refractivity contribution in [2.75, 3.05) is 7.11 Å². The van der Waals surface area contributed by atoms with Crippen molar-refractivity contribution in [2.24, 2.45) is 5.92 Å². The van der Waals surface area contributed by atoms with Crippen LogP contribution >= 0.6 is 0 Å². The van der Waals surface area contributed by atoms with Crippen LogP contribution in [-0.2, 0) is 29.1 Å². The Labute approximate surface area is 178 Å². The van der Waals surface area contributed by atoms with Crippen LogP contribution in [0.15, 0.2) is 48.5 Å². The van der Waals surface area contributed by atoms with Crippen LogP contribution in [0.25, 0.3) is 0 Å². The molecule has 1 heterocycles. The van der Waals surface area contributed by atoms with Gasteiger partial charge in [0.1, 0.15) is 11.8 Å². The van der Waals surface area contributed by atoms with E-state index < -0.39 is 6.04 Å². The normalized spacial score (nSPS) is 17.4. The molecule has 0 aromatic heterocycles. The van der Waals surface area contributed by atoms with Crippen LogP contribution < -0.4 is 20.7 Å². The van der Waals surface area contributed by atoms with Crippen LogP contribution in [0.1, 0.15) is 37.0 Å². The first-order valence-corrected chi connectivity index (χ1v) is 10.5. The molecule has 6 nitrogen and oxygen atoms in total. The zero-order chi connectivity index (χ0) is 21.5. The van der Waals surface area contributed by atoms with Crippen LogP contribution in [0.4, 0.5) is 0 Å². The summed E-state index contributed by atoms with van der Waals surface area (Å²) in [5, 5.41) is 9.24. The van der Waals surface area contributed by atoms with E-state index >= 15 is 0 Å². The van der Waals surface area contributed by atoms with Gasteiger partial charge < -0.3 is 20.7 Å². The zero-order valence-corrected chi connectivity index (χ0v) is 17.9. The van der Waals surface area contributed by atoms with Gasteiger partial charge in [-0.25, -0.2) is 0 Å². The highest BCUT2D eigenvalue weighted by atomic mass is 16.5. The van der Waals surface area contributed by atoms with Gasteiger partial charge in [-0.3, -0.25) is 9.59 Å². The molecule has 0 aliphatic carbocycles. The standard InChI is InChI=1S/C24H31N3O3/c1-4-16(2)22(24(29)26-14-17-9-11-20(30-3)12-10-17)27-23(28)21-13-18-7-5-6-8-19(18)15-25-21/h5-12,16,21-22,25H,4,13-15H2,1-3H3,(H,26,29)(H,27,28)/t16-,21+,22+/m0/s1. The van der Waals surface area contributed by atoms with E-state index in [0.717, 1.165) is 17.7 Å². The molecule has 30 heavy (non-hydrogen) atoms. The Kier molecular flexibility index (Phi) is 7.46. The number of nitrogens with one attached hydrogen (secondary N) is 3. The lowest BCUT2D eigenvalue weighted by atomic mass is 9.94. The highest BCUT2D eigenvalue weighted by Gasteiger charge is 2.30. The highest BCUT2D eigenvalue weighted by Crippen LogP contribution is 2.17. The summed E-state index contributed by atoms with van der Waals surface area (Å²) in [4.78, 5) is 25.8. The second-order valence-corrected chi connectivity index (χ2v) is 7.84. The molecule has 6 heteroatoms. The molecule has 0 bridgehead atoms. The van der Waals surface area contributed by atoms with Crippen molar-refractivity contribution in [3.63, 3.8) is 0 Å². The molecule has 1 aliphatic heterocycles. The molecule has 0 saturated carbocycles. The van der Waals surface area contributed by atoms with Crippen LogP contribution in [0.5, 0.6) is 5.75 Å². The van der Waals surface area contributed by atoms with Crippen LogP contribution in [0, 0.1) is 5.92 Å². The Morgan fingerprint density at radius 2 is 1.83 bits per heavy atom. The number of amides is 2. The monoisotopic (exact) mass is 409 g/mol. The fraction of sp³-hybridized carbons (Fsp3) is 0.417. The maximum atomic E-state index is 12.9. The van der Waals surface area contributed by atoms with Crippen molar-refractivity contribution >= 4 is 11.8 Å². The minimum atomic E-state index is -0.570. The molecule has 0 fully saturated rings. The smallest absolute Gasteiger partial charge is 0.243 e. The second kappa shape index (κ2) is 10.3. The van der Waals surface area contributed by atoms with Crippen LogP contribution in [0.2, 0.25) is 0 Å². The fourth-order valence-electron chi connectivity index (χ4n) is 3.64. The lowest BCUT2D eigenvalue weighted by Crippen LogP contribution is -2.56. The van der Waals surface area contributed by atoms with Gasteiger partial charge in [-0.1, -0.05) is 56.7 Å². The summed E-state index contributed by atoms with van der Waals surface area (Å²) in [5.74, 6) is 0.510. The topological polar surface area (TPSA) is 79.5 Å². The number of hydrogen-bond donors (Lipinski definition) is 3. The van der Waals surface area contributed by atoms with Crippen molar-refractivity contribution in [1.82, 2.24) is 16.0 Å². The molecule has 0 spiro atoms. The van der Waals surface area contributed by atoms with Gasteiger partial charge >= 0.3 is 0 Å². The fourth-order valence-corrected chi connectivity index (χ4v) is 3.64. The van der Waals surface area contributed by atoms with E-state index in [1.165, 1.54) is 11.1 Å². The number of rotatable bonds is 8. The lowest BCUT2D eigenvalue weighted by molar-refractivity contribution is -0.131. The molecule has 0 saturated heterocycles. The van der Waals surface area contributed by atoms with Gasteiger partial charge in [0.2, 0.25) is 11.8 Å². The molecule has 3 atom stereocenters. The van der Waals surface area contributed by atoms with Gasteiger partial charge in [0.25, 0.3) is 0 Å². The van der Waals surface area contributed by atoms with Gasteiger partial charge in [-0.15, -0.1) is 0 Å². The Morgan fingerprint density at radius 1 is 1.13 bits per heavy atom. The van der Waals surface area contributed by atoms with E-state index in [9.17, 15) is 9.59 Å². The molecule has 0 radical (unpaired) electrons. The minimum absolute atomic E-state index is 0.0284. The molecular weight excluding hydrogens is 378 g/mol. The van der Waals surface area contributed by atoms with Crippen molar-refractivity contribution < 1.29 is 14.3 Å². The average molecular weight is 410 g/mol. The number of carbonyl (C=O) groups excluding carboxylic acids is 2. The summed E-state index contributed by atoms with van der Waals surface area (Å²) in [6.45, 7) is 5.07. The summed E-state index contributed by atoms with van der Waals surface area (Å²) < 4.78 is 5.16. The van der Waals surface area contributed by atoms with E-state index in [-0.39, 0.29) is 23.8 Å². The highest BCUT2D eigenvalue weighted by molar-refractivity contribution is 5.90.